The lowest BCUT2D eigenvalue weighted by atomic mass is 10.1. The van der Waals surface area contributed by atoms with E-state index in [0.29, 0.717) is 6.07 Å². The van der Waals surface area contributed by atoms with Gasteiger partial charge in [-0.15, -0.1) is 11.6 Å². The van der Waals surface area contributed by atoms with Crippen LogP contribution in [0.4, 0.5) is 13.2 Å². The zero-order chi connectivity index (χ0) is 15.1. The van der Waals surface area contributed by atoms with Crippen molar-refractivity contribution in [3.05, 3.63) is 35.1 Å². The number of alkyl halides is 1. The minimum Gasteiger partial charge on any atom is -0.347 e. The number of sulfone groups is 1. The van der Waals surface area contributed by atoms with Crippen LogP contribution < -0.4 is 5.32 Å². The highest BCUT2D eigenvalue weighted by Gasteiger charge is 2.37. The maximum Gasteiger partial charge on any atom is 0.254 e. The van der Waals surface area contributed by atoms with Crippen molar-refractivity contribution in [2.45, 2.75) is 11.4 Å². The Morgan fingerprint density at radius 2 is 1.85 bits per heavy atom. The monoisotopic (exact) mass is 327 g/mol. The van der Waals surface area contributed by atoms with Crippen LogP contribution in [0.1, 0.15) is 10.4 Å². The predicted octanol–water partition coefficient (Wildman–Crippen LogP) is 1.24. The lowest BCUT2D eigenvalue weighted by Crippen LogP contribution is -2.41. The van der Waals surface area contributed by atoms with Crippen molar-refractivity contribution in [3.63, 3.8) is 0 Å². The molecule has 20 heavy (non-hydrogen) atoms. The summed E-state index contributed by atoms with van der Waals surface area (Å²) in [6.07, 6.45) is 0. The number of carbonyl (C=O) groups is 1. The lowest BCUT2D eigenvalue weighted by Gasteiger charge is -2.14. The molecule has 9 heteroatoms. The van der Waals surface area contributed by atoms with Gasteiger partial charge in [0.15, 0.2) is 27.3 Å². The van der Waals surface area contributed by atoms with Crippen molar-refractivity contribution >= 4 is 27.3 Å². The van der Waals surface area contributed by atoms with Gasteiger partial charge in [0.1, 0.15) is 0 Å². The summed E-state index contributed by atoms with van der Waals surface area (Å²) in [5, 5.41) is 1.36. The summed E-state index contributed by atoms with van der Waals surface area (Å²) >= 11 is 5.77. The number of nitrogens with one attached hydrogen (secondary N) is 1. The Kier molecular flexibility index (Phi) is 3.97. The molecule has 1 heterocycles. The van der Waals surface area contributed by atoms with Gasteiger partial charge in [0.05, 0.1) is 28.5 Å². The lowest BCUT2D eigenvalue weighted by molar-refractivity contribution is 0.0936. The van der Waals surface area contributed by atoms with Crippen LogP contribution in [0.25, 0.3) is 0 Å². The number of amides is 1. The van der Waals surface area contributed by atoms with E-state index in [1.807, 2.05) is 0 Å². The predicted molar refractivity (Wildman–Crippen MR) is 65.9 cm³/mol. The van der Waals surface area contributed by atoms with E-state index in [1.165, 1.54) is 0 Å². The van der Waals surface area contributed by atoms with Crippen molar-refractivity contribution in [3.8, 4) is 0 Å². The second-order valence-electron chi connectivity index (χ2n) is 4.40. The zero-order valence-electron chi connectivity index (χ0n) is 9.87. The average Bonchev–Trinajstić information content (AvgIpc) is 2.59. The van der Waals surface area contributed by atoms with Gasteiger partial charge >= 0.3 is 0 Å². The fraction of sp³-hybridized carbons (Fsp3) is 0.364. The molecular weight excluding hydrogens is 319 g/mol. The third-order valence-electron chi connectivity index (χ3n) is 2.88. The Morgan fingerprint density at radius 3 is 2.40 bits per heavy atom. The average molecular weight is 328 g/mol. The number of carbonyl (C=O) groups excluding carboxylic acids is 1. The summed E-state index contributed by atoms with van der Waals surface area (Å²) in [7, 11) is -3.37. The molecule has 1 saturated heterocycles. The SMILES string of the molecule is O=C(NC1CS(=O)(=O)CC1Cl)c1ccc(F)c(F)c1F. The second-order valence-corrected chi connectivity index (χ2v) is 7.11. The van der Waals surface area contributed by atoms with Crippen LogP contribution in [-0.4, -0.2) is 37.2 Å². The highest BCUT2D eigenvalue weighted by molar-refractivity contribution is 7.91. The minimum atomic E-state index is -3.37. The number of hydrogen-bond acceptors (Lipinski definition) is 3. The molecule has 1 aliphatic rings. The molecule has 1 N–H and O–H groups in total. The quantitative estimate of drug-likeness (QED) is 0.656. The summed E-state index contributed by atoms with van der Waals surface area (Å²) in [6.45, 7) is 0. The van der Waals surface area contributed by atoms with Gasteiger partial charge in [-0.2, -0.15) is 0 Å². The van der Waals surface area contributed by atoms with Crippen molar-refractivity contribution < 1.29 is 26.4 Å². The Hall–Kier alpha value is -1.28. The van der Waals surface area contributed by atoms with E-state index in [9.17, 15) is 26.4 Å². The van der Waals surface area contributed by atoms with Crippen LogP contribution in [0, 0.1) is 17.5 Å². The molecule has 110 valence electrons. The Bertz CT molecular complexity index is 665. The molecule has 1 amide bonds. The number of rotatable bonds is 2. The van der Waals surface area contributed by atoms with Gasteiger partial charge in [-0.05, 0) is 12.1 Å². The molecule has 1 aromatic carbocycles. The first kappa shape index (κ1) is 15.1. The Morgan fingerprint density at radius 1 is 1.20 bits per heavy atom. The zero-order valence-corrected chi connectivity index (χ0v) is 11.4. The van der Waals surface area contributed by atoms with Crippen molar-refractivity contribution in [1.29, 1.82) is 0 Å². The molecular formula is C11H9ClF3NO3S. The maximum absolute atomic E-state index is 13.4. The molecule has 2 unspecified atom stereocenters. The highest BCUT2D eigenvalue weighted by Crippen LogP contribution is 2.20. The first-order chi connectivity index (χ1) is 9.21. The van der Waals surface area contributed by atoms with Crippen LogP contribution in [0.2, 0.25) is 0 Å². The summed E-state index contributed by atoms with van der Waals surface area (Å²) in [5.41, 5.74) is -0.711. The summed E-state index contributed by atoms with van der Waals surface area (Å²) < 4.78 is 61.8. The van der Waals surface area contributed by atoms with Gasteiger partial charge in [-0.1, -0.05) is 0 Å². The van der Waals surface area contributed by atoms with Crippen LogP contribution in [0.3, 0.4) is 0 Å². The van der Waals surface area contributed by atoms with Crippen LogP contribution >= 0.6 is 11.6 Å². The number of hydrogen-bond donors (Lipinski definition) is 1. The number of halogens is 4. The first-order valence-electron chi connectivity index (χ1n) is 5.50. The molecule has 0 radical (unpaired) electrons. The fourth-order valence-corrected chi connectivity index (χ4v) is 4.43. The highest BCUT2D eigenvalue weighted by atomic mass is 35.5. The van der Waals surface area contributed by atoms with Crippen LogP contribution in [-0.2, 0) is 9.84 Å². The third-order valence-corrected chi connectivity index (χ3v) is 5.25. The van der Waals surface area contributed by atoms with Crippen molar-refractivity contribution in [2.24, 2.45) is 0 Å². The van der Waals surface area contributed by atoms with Crippen molar-refractivity contribution in [1.82, 2.24) is 5.32 Å². The molecule has 1 fully saturated rings. The van der Waals surface area contributed by atoms with E-state index in [1.54, 1.807) is 0 Å². The Balaban J connectivity index is 2.20. The standard InChI is InChI=1S/C11H9ClF3NO3S/c12-6-3-20(18,19)4-8(6)16-11(17)5-1-2-7(13)10(15)9(5)14/h1-2,6,8H,3-4H2,(H,16,17). The van der Waals surface area contributed by atoms with Crippen LogP contribution in [0.5, 0.6) is 0 Å². The van der Waals surface area contributed by atoms with E-state index < -0.39 is 50.2 Å². The molecule has 2 rings (SSSR count). The molecule has 0 saturated carbocycles. The second kappa shape index (κ2) is 5.25. The maximum atomic E-state index is 13.4. The summed E-state index contributed by atoms with van der Waals surface area (Å²) in [4.78, 5) is 11.7. The molecule has 0 bridgehead atoms. The third kappa shape index (κ3) is 2.90. The van der Waals surface area contributed by atoms with Gasteiger partial charge in [0.2, 0.25) is 0 Å². The van der Waals surface area contributed by atoms with Crippen molar-refractivity contribution in [2.75, 3.05) is 11.5 Å². The topological polar surface area (TPSA) is 63.2 Å². The Labute approximate surface area is 117 Å². The van der Waals surface area contributed by atoms with E-state index in [4.69, 9.17) is 11.6 Å². The fourth-order valence-electron chi connectivity index (χ4n) is 1.88. The molecule has 0 spiro atoms. The molecule has 1 aromatic rings. The van der Waals surface area contributed by atoms with Gasteiger partial charge in [-0.3, -0.25) is 4.79 Å². The smallest absolute Gasteiger partial charge is 0.254 e. The minimum absolute atomic E-state index is 0.306. The molecule has 0 aliphatic carbocycles. The molecule has 4 nitrogen and oxygen atoms in total. The summed E-state index contributed by atoms with van der Waals surface area (Å²) in [5.74, 6) is -6.54. The van der Waals surface area contributed by atoms with Gasteiger partial charge in [0.25, 0.3) is 5.91 Å². The van der Waals surface area contributed by atoms with E-state index in [-0.39, 0.29) is 11.5 Å². The van der Waals surface area contributed by atoms with Gasteiger partial charge in [0, 0.05) is 0 Å². The molecule has 0 aromatic heterocycles. The van der Waals surface area contributed by atoms with Crippen LogP contribution in [0.15, 0.2) is 12.1 Å². The van der Waals surface area contributed by atoms with E-state index in [0.717, 1.165) is 6.07 Å². The number of benzene rings is 1. The molecule has 1 aliphatic heterocycles. The van der Waals surface area contributed by atoms with E-state index in [2.05, 4.69) is 5.32 Å². The molecule has 2 atom stereocenters. The first-order valence-corrected chi connectivity index (χ1v) is 7.76. The van der Waals surface area contributed by atoms with E-state index >= 15 is 0 Å². The van der Waals surface area contributed by atoms with Gasteiger partial charge < -0.3 is 5.32 Å². The van der Waals surface area contributed by atoms with Gasteiger partial charge in [-0.25, -0.2) is 21.6 Å². The summed E-state index contributed by atoms with van der Waals surface area (Å²) in [6, 6.07) is 0.480. The largest absolute Gasteiger partial charge is 0.347 e. The normalized spacial score (nSPS) is 24.6.